The van der Waals surface area contributed by atoms with Crippen LogP contribution in [0.4, 0.5) is 0 Å². The van der Waals surface area contributed by atoms with Crippen molar-refractivity contribution in [3.8, 4) is 0 Å². The summed E-state index contributed by atoms with van der Waals surface area (Å²) in [6.07, 6.45) is 0. The number of hydrogen-bond donors (Lipinski definition) is 2. The summed E-state index contributed by atoms with van der Waals surface area (Å²) in [6.45, 7) is 3.64. The lowest BCUT2D eigenvalue weighted by atomic mass is 10.1. The van der Waals surface area contributed by atoms with Crippen molar-refractivity contribution in [2.24, 2.45) is 0 Å². The Kier molecular flexibility index (Phi) is 4.85. The predicted molar refractivity (Wildman–Crippen MR) is 66.5 cm³/mol. The summed E-state index contributed by atoms with van der Waals surface area (Å²) in [4.78, 5) is 22.8. The van der Waals surface area contributed by atoms with E-state index in [9.17, 15) is 9.59 Å². The molecule has 0 saturated carbocycles. The van der Waals surface area contributed by atoms with Crippen molar-refractivity contribution in [1.82, 2.24) is 4.90 Å². The van der Waals surface area contributed by atoms with Crippen molar-refractivity contribution in [3.63, 3.8) is 0 Å². The van der Waals surface area contributed by atoms with Gasteiger partial charge in [-0.3, -0.25) is 14.5 Å². The maximum Gasteiger partial charge on any atom is 0.317 e. The zero-order valence-electron chi connectivity index (χ0n) is 10.5. The molecule has 0 unspecified atom stereocenters. The summed E-state index contributed by atoms with van der Waals surface area (Å²) in [6, 6.07) is 5.87. The number of carboxylic acids is 2. The fraction of sp³-hybridized carbons (Fsp3) is 0.385. The number of carbonyl (C=O) groups is 2. The molecule has 5 heteroatoms. The monoisotopic (exact) mass is 251 g/mol. The fourth-order valence-electron chi connectivity index (χ4n) is 1.76. The topological polar surface area (TPSA) is 77.8 Å². The molecule has 0 amide bonds. The molecule has 1 aromatic rings. The Morgan fingerprint density at radius 1 is 1.11 bits per heavy atom. The van der Waals surface area contributed by atoms with Gasteiger partial charge in [0.05, 0.1) is 13.1 Å². The average Bonchev–Trinajstić information content (AvgIpc) is 2.21. The predicted octanol–water partition coefficient (Wildman–Crippen LogP) is 1.27. The van der Waals surface area contributed by atoms with Crippen LogP contribution in [0.5, 0.6) is 0 Å². The van der Waals surface area contributed by atoms with Crippen LogP contribution in [0.25, 0.3) is 0 Å². The highest BCUT2D eigenvalue weighted by Crippen LogP contribution is 2.13. The first-order chi connectivity index (χ1) is 8.38. The van der Waals surface area contributed by atoms with Crippen LogP contribution >= 0.6 is 0 Å². The minimum Gasteiger partial charge on any atom is -0.480 e. The summed E-state index contributed by atoms with van der Waals surface area (Å²) in [5.74, 6) is -2.05. The lowest BCUT2D eigenvalue weighted by Crippen LogP contribution is -2.34. The maximum atomic E-state index is 10.7. The van der Waals surface area contributed by atoms with E-state index in [1.54, 1.807) is 0 Å². The van der Waals surface area contributed by atoms with Crippen LogP contribution < -0.4 is 0 Å². The lowest BCUT2D eigenvalue weighted by Gasteiger charge is -2.19. The number of nitrogens with zero attached hydrogens (tertiary/aromatic N) is 1. The largest absolute Gasteiger partial charge is 0.480 e. The molecule has 0 heterocycles. The summed E-state index contributed by atoms with van der Waals surface area (Å²) in [5, 5.41) is 17.5. The molecule has 98 valence electrons. The number of aryl methyl sites for hydroxylation is 2. The first-order valence-electron chi connectivity index (χ1n) is 5.60. The molecule has 0 atom stereocenters. The molecule has 0 aliphatic rings. The molecule has 0 aliphatic heterocycles. The van der Waals surface area contributed by atoms with Crippen molar-refractivity contribution in [1.29, 1.82) is 0 Å². The van der Waals surface area contributed by atoms with E-state index >= 15 is 0 Å². The van der Waals surface area contributed by atoms with Gasteiger partial charge in [0, 0.05) is 6.54 Å². The first kappa shape index (κ1) is 14.2. The summed E-state index contributed by atoms with van der Waals surface area (Å²) in [5.41, 5.74) is 3.06. The Morgan fingerprint density at radius 3 is 2.17 bits per heavy atom. The summed E-state index contributed by atoms with van der Waals surface area (Å²) in [7, 11) is 0. The van der Waals surface area contributed by atoms with Gasteiger partial charge in [0.25, 0.3) is 0 Å². The van der Waals surface area contributed by atoms with Gasteiger partial charge >= 0.3 is 11.9 Å². The van der Waals surface area contributed by atoms with Crippen LogP contribution in [0.3, 0.4) is 0 Å². The maximum absolute atomic E-state index is 10.7. The van der Waals surface area contributed by atoms with Crippen LogP contribution in [-0.2, 0) is 16.1 Å². The van der Waals surface area contributed by atoms with Crippen molar-refractivity contribution in [2.45, 2.75) is 20.4 Å². The van der Waals surface area contributed by atoms with Gasteiger partial charge < -0.3 is 10.2 Å². The van der Waals surface area contributed by atoms with E-state index in [-0.39, 0.29) is 13.1 Å². The Bertz CT molecular complexity index is 440. The van der Waals surface area contributed by atoms with Crippen LogP contribution in [0.1, 0.15) is 16.7 Å². The molecule has 2 N–H and O–H groups in total. The fourth-order valence-corrected chi connectivity index (χ4v) is 1.76. The molecule has 1 rings (SSSR count). The van der Waals surface area contributed by atoms with E-state index in [1.165, 1.54) is 4.90 Å². The van der Waals surface area contributed by atoms with Gasteiger partial charge in [-0.05, 0) is 25.0 Å². The molecule has 0 saturated heterocycles. The molecule has 0 bridgehead atoms. The molecule has 0 aliphatic carbocycles. The second kappa shape index (κ2) is 6.16. The quantitative estimate of drug-likeness (QED) is 0.796. The normalized spacial score (nSPS) is 10.6. The molecular weight excluding hydrogens is 234 g/mol. The van der Waals surface area contributed by atoms with Gasteiger partial charge in [0.1, 0.15) is 0 Å². The van der Waals surface area contributed by atoms with Gasteiger partial charge in [-0.1, -0.05) is 23.8 Å². The number of carboxylic acid groups (broad SMARTS) is 2. The third-order valence-electron chi connectivity index (χ3n) is 2.62. The second-order valence-electron chi connectivity index (χ2n) is 4.36. The van der Waals surface area contributed by atoms with Crippen molar-refractivity contribution in [3.05, 3.63) is 34.9 Å². The first-order valence-corrected chi connectivity index (χ1v) is 5.60. The van der Waals surface area contributed by atoms with Gasteiger partial charge in [0.2, 0.25) is 0 Å². The third-order valence-corrected chi connectivity index (χ3v) is 2.62. The Balaban J connectivity index is 2.84. The van der Waals surface area contributed by atoms with E-state index in [4.69, 9.17) is 10.2 Å². The smallest absolute Gasteiger partial charge is 0.317 e. The van der Waals surface area contributed by atoms with Crippen molar-refractivity contribution < 1.29 is 19.8 Å². The number of aliphatic carboxylic acids is 2. The average molecular weight is 251 g/mol. The van der Waals surface area contributed by atoms with Crippen LogP contribution in [-0.4, -0.2) is 40.1 Å². The van der Waals surface area contributed by atoms with Crippen molar-refractivity contribution >= 4 is 11.9 Å². The highest BCUT2D eigenvalue weighted by Gasteiger charge is 2.14. The highest BCUT2D eigenvalue weighted by atomic mass is 16.4. The summed E-state index contributed by atoms with van der Waals surface area (Å²) < 4.78 is 0. The van der Waals surface area contributed by atoms with Crippen LogP contribution in [0, 0.1) is 13.8 Å². The molecule has 5 nitrogen and oxygen atoms in total. The Morgan fingerprint density at radius 2 is 1.67 bits per heavy atom. The summed E-state index contributed by atoms with van der Waals surface area (Å²) >= 11 is 0. The van der Waals surface area contributed by atoms with Gasteiger partial charge in [-0.2, -0.15) is 0 Å². The molecular formula is C13H17NO4. The molecule has 0 radical (unpaired) electrons. The van der Waals surface area contributed by atoms with Crippen molar-refractivity contribution in [2.75, 3.05) is 13.1 Å². The van der Waals surface area contributed by atoms with E-state index < -0.39 is 11.9 Å². The molecule has 0 spiro atoms. The lowest BCUT2D eigenvalue weighted by molar-refractivity contribution is -0.142. The van der Waals surface area contributed by atoms with Crippen LogP contribution in [0.2, 0.25) is 0 Å². The molecule has 0 fully saturated rings. The van der Waals surface area contributed by atoms with Gasteiger partial charge in [-0.15, -0.1) is 0 Å². The van der Waals surface area contributed by atoms with E-state index in [1.807, 2.05) is 32.0 Å². The molecule has 1 aromatic carbocycles. The number of benzene rings is 1. The molecule has 0 aromatic heterocycles. The van der Waals surface area contributed by atoms with Crippen LogP contribution in [0.15, 0.2) is 18.2 Å². The highest BCUT2D eigenvalue weighted by molar-refractivity contribution is 5.72. The SMILES string of the molecule is Cc1ccc(C)c(CN(CC(=O)O)CC(=O)O)c1. The van der Waals surface area contributed by atoms with E-state index in [2.05, 4.69) is 0 Å². The second-order valence-corrected chi connectivity index (χ2v) is 4.36. The van der Waals surface area contributed by atoms with Gasteiger partial charge in [0.15, 0.2) is 0 Å². The zero-order valence-corrected chi connectivity index (χ0v) is 10.5. The standard InChI is InChI=1S/C13H17NO4/c1-9-3-4-10(2)11(5-9)6-14(7-12(15)16)8-13(17)18/h3-5H,6-8H2,1-2H3,(H,15,16)(H,17,18). The minimum absolute atomic E-state index is 0.278. The zero-order chi connectivity index (χ0) is 13.7. The number of hydrogen-bond acceptors (Lipinski definition) is 3. The van der Waals surface area contributed by atoms with E-state index in [0.717, 1.165) is 16.7 Å². The Labute approximate surface area is 106 Å². The van der Waals surface area contributed by atoms with E-state index in [0.29, 0.717) is 6.54 Å². The number of rotatable bonds is 6. The van der Waals surface area contributed by atoms with Gasteiger partial charge in [-0.25, -0.2) is 0 Å². The third kappa shape index (κ3) is 4.55. The minimum atomic E-state index is -1.03. The molecule has 18 heavy (non-hydrogen) atoms. The Hall–Kier alpha value is -1.88.